The zero-order valence-corrected chi connectivity index (χ0v) is 15.6. The van der Waals surface area contributed by atoms with Crippen LogP contribution in [0.15, 0.2) is 42.7 Å². The Morgan fingerprint density at radius 1 is 1.04 bits per heavy atom. The fraction of sp³-hybridized carbons (Fsp3) is 0.300. The predicted octanol–water partition coefficient (Wildman–Crippen LogP) is 4.19. The summed E-state index contributed by atoms with van der Waals surface area (Å²) in [6.07, 6.45) is 3.72. The maximum atomic E-state index is 13.4. The number of methoxy groups -OCH3 is 1. The van der Waals surface area contributed by atoms with Gasteiger partial charge in [0.25, 0.3) is 0 Å². The standard InChI is InChI=1S/C20H21F2N5O/c1-12-3-15(24-17-9-19(10-17)28-2)8-16(4-12)25-20-23-11-27(26-20)18-6-13(21)5-14(22)7-18/h3-8,11,17,19,24H,9-10H2,1-2H3,(H,25,26). The third-order valence-electron chi connectivity index (χ3n) is 4.74. The Labute approximate surface area is 161 Å². The van der Waals surface area contributed by atoms with Crippen molar-refractivity contribution < 1.29 is 13.5 Å². The molecule has 0 amide bonds. The van der Waals surface area contributed by atoms with E-state index in [4.69, 9.17) is 4.74 Å². The molecule has 1 aliphatic carbocycles. The molecule has 8 heteroatoms. The second-order valence-electron chi connectivity index (χ2n) is 7.02. The summed E-state index contributed by atoms with van der Waals surface area (Å²) in [5, 5.41) is 10.9. The van der Waals surface area contributed by atoms with Crippen LogP contribution in [-0.4, -0.2) is 34.0 Å². The first-order chi connectivity index (χ1) is 13.5. The molecule has 2 N–H and O–H groups in total. The molecule has 28 heavy (non-hydrogen) atoms. The van der Waals surface area contributed by atoms with Gasteiger partial charge in [0.15, 0.2) is 0 Å². The molecule has 1 saturated carbocycles. The Morgan fingerprint density at radius 2 is 1.75 bits per heavy atom. The van der Waals surface area contributed by atoms with Gasteiger partial charge in [-0.15, -0.1) is 5.10 Å². The molecule has 146 valence electrons. The Morgan fingerprint density at radius 3 is 2.46 bits per heavy atom. The molecule has 1 aromatic heterocycles. The highest BCUT2D eigenvalue weighted by molar-refractivity contribution is 5.63. The first-order valence-electron chi connectivity index (χ1n) is 9.04. The monoisotopic (exact) mass is 385 g/mol. The molecule has 1 fully saturated rings. The molecule has 0 radical (unpaired) electrons. The van der Waals surface area contributed by atoms with E-state index in [2.05, 4.69) is 26.8 Å². The van der Waals surface area contributed by atoms with Crippen LogP contribution >= 0.6 is 0 Å². The number of rotatable bonds is 6. The number of hydrogen-bond donors (Lipinski definition) is 2. The van der Waals surface area contributed by atoms with Gasteiger partial charge in [-0.1, -0.05) is 0 Å². The van der Waals surface area contributed by atoms with Gasteiger partial charge in [-0.3, -0.25) is 0 Å². The molecule has 0 spiro atoms. The van der Waals surface area contributed by atoms with E-state index >= 15 is 0 Å². The Bertz CT molecular complexity index is 964. The van der Waals surface area contributed by atoms with E-state index in [0.717, 1.165) is 35.8 Å². The van der Waals surface area contributed by atoms with E-state index < -0.39 is 11.6 Å². The quantitative estimate of drug-likeness (QED) is 0.666. The number of benzene rings is 2. The predicted molar refractivity (Wildman–Crippen MR) is 103 cm³/mol. The molecular weight excluding hydrogens is 364 g/mol. The summed E-state index contributed by atoms with van der Waals surface area (Å²) in [6.45, 7) is 2.01. The van der Waals surface area contributed by atoms with Crippen molar-refractivity contribution >= 4 is 17.3 Å². The van der Waals surface area contributed by atoms with Crippen molar-refractivity contribution in [2.75, 3.05) is 17.7 Å². The highest BCUT2D eigenvalue weighted by atomic mass is 19.1. The largest absolute Gasteiger partial charge is 0.382 e. The van der Waals surface area contributed by atoms with Crippen LogP contribution in [-0.2, 0) is 4.74 Å². The van der Waals surface area contributed by atoms with Gasteiger partial charge in [0.1, 0.15) is 18.0 Å². The maximum absolute atomic E-state index is 13.4. The Hall–Kier alpha value is -3.00. The summed E-state index contributed by atoms with van der Waals surface area (Å²) in [6, 6.07) is 9.65. The molecule has 1 heterocycles. The lowest BCUT2D eigenvalue weighted by atomic mass is 9.89. The zero-order chi connectivity index (χ0) is 19.7. The van der Waals surface area contributed by atoms with Gasteiger partial charge in [0, 0.05) is 30.6 Å². The number of aryl methyl sites for hydroxylation is 1. The topological polar surface area (TPSA) is 64.0 Å². The lowest BCUT2D eigenvalue weighted by molar-refractivity contribution is 0.0329. The van der Waals surface area contributed by atoms with Gasteiger partial charge >= 0.3 is 0 Å². The summed E-state index contributed by atoms with van der Waals surface area (Å²) in [4.78, 5) is 4.17. The van der Waals surface area contributed by atoms with Crippen LogP contribution in [0, 0.1) is 18.6 Å². The normalized spacial score (nSPS) is 18.6. The molecular formula is C20H21F2N5O. The number of ether oxygens (including phenoxy) is 1. The minimum Gasteiger partial charge on any atom is -0.382 e. The number of hydrogen-bond acceptors (Lipinski definition) is 5. The van der Waals surface area contributed by atoms with E-state index in [-0.39, 0.29) is 5.69 Å². The average Bonchev–Trinajstić information content (AvgIpc) is 3.05. The number of anilines is 3. The van der Waals surface area contributed by atoms with Gasteiger partial charge in [-0.25, -0.2) is 13.5 Å². The number of aromatic nitrogens is 3. The molecule has 0 unspecified atom stereocenters. The van der Waals surface area contributed by atoms with Crippen molar-refractivity contribution in [1.29, 1.82) is 0 Å². The second-order valence-corrected chi connectivity index (χ2v) is 7.02. The molecule has 4 rings (SSSR count). The van der Waals surface area contributed by atoms with Crippen molar-refractivity contribution in [2.24, 2.45) is 0 Å². The number of nitrogens with one attached hydrogen (secondary N) is 2. The molecule has 3 aromatic rings. The first-order valence-corrected chi connectivity index (χ1v) is 9.04. The van der Waals surface area contributed by atoms with Gasteiger partial charge in [0.05, 0.1) is 11.8 Å². The zero-order valence-electron chi connectivity index (χ0n) is 15.6. The van der Waals surface area contributed by atoms with Gasteiger partial charge in [0.2, 0.25) is 5.95 Å². The van der Waals surface area contributed by atoms with E-state index in [1.54, 1.807) is 7.11 Å². The van der Waals surface area contributed by atoms with Crippen LogP contribution in [0.5, 0.6) is 0 Å². The lowest BCUT2D eigenvalue weighted by Crippen LogP contribution is -2.40. The maximum Gasteiger partial charge on any atom is 0.246 e. The molecule has 0 bridgehead atoms. The fourth-order valence-corrected chi connectivity index (χ4v) is 3.30. The van der Waals surface area contributed by atoms with E-state index in [0.29, 0.717) is 18.1 Å². The van der Waals surface area contributed by atoms with Crippen LogP contribution in [0.2, 0.25) is 0 Å². The summed E-state index contributed by atoms with van der Waals surface area (Å²) in [5.74, 6) is -0.994. The average molecular weight is 385 g/mol. The SMILES string of the molecule is COC1CC(Nc2cc(C)cc(Nc3ncn(-c4cc(F)cc(F)c4)n3)c2)C1. The number of nitrogens with zero attached hydrogens (tertiary/aromatic N) is 3. The van der Waals surface area contributed by atoms with Crippen molar-refractivity contribution in [3.8, 4) is 5.69 Å². The minimum absolute atomic E-state index is 0.266. The van der Waals surface area contributed by atoms with Gasteiger partial charge in [-0.2, -0.15) is 4.98 Å². The fourth-order valence-electron chi connectivity index (χ4n) is 3.30. The Balaban J connectivity index is 1.48. The lowest BCUT2D eigenvalue weighted by Gasteiger charge is -2.35. The van der Waals surface area contributed by atoms with Gasteiger partial charge in [-0.05, 0) is 55.7 Å². The summed E-state index contributed by atoms with van der Waals surface area (Å²) in [7, 11) is 1.74. The second kappa shape index (κ2) is 7.55. The molecule has 2 aromatic carbocycles. The van der Waals surface area contributed by atoms with E-state index in [1.807, 2.05) is 19.1 Å². The van der Waals surface area contributed by atoms with Crippen LogP contribution in [0.25, 0.3) is 5.69 Å². The summed E-state index contributed by atoms with van der Waals surface area (Å²) in [5.41, 5.74) is 3.19. The van der Waals surface area contributed by atoms with E-state index in [1.165, 1.54) is 23.1 Å². The molecule has 1 aliphatic rings. The highest BCUT2D eigenvalue weighted by Gasteiger charge is 2.28. The summed E-state index contributed by atoms with van der Waals surface area (Å²) < 4.78 is 33.5. The summed E-state index contributed by atoms with van der Waals surface area (Å²) >= 11 is 0. The van der Waals surface area contributed by atoms with Crippen LogP contribution < -0.4 is 10.6 Å². The first kappa shape index (κ1) is 18.4. The van der Waals surface area contributed by atoms with Crippen molar-refractivity contribution in [3.05, 3.63) is 59.9 Å². The highest BCUT2D eigenvalue weighted by Crippen LogP contribution is 2.28. The molecule has 6 nitrogen and oxygen atoms in total. The molecule has 0 atom stereocenters. The third-order valence-corrected chi connectivity index (χ3v) is 4.74. The minimum atomic E-state index is -0.666. The molecule has 0 aliphatic heterocycles. The third kappa shape index (κ3) is 4.12. The van der Waals surface area contributed by atoms with Crippen LogP contribution in [0.4, 0.5) is 26.1 Å². The number of halogens is 2. The smallest absolute Gasteiger partial charge is 0.246 e. The van der Waals surface area contributed by atoms with Crippen LogP contribution in [0.1, 0.15) is 18.4 Å². The van der Waals surface area contributed by atoms with Crippen molar-refractivity contribution in [2.45, 2.75) is 31.9 Å². The Kier molecular flexibility index (Phi) is 4.95. The van der Waals surface area contributed by atoms with Gasteiger partial charge < -0.3 is 15.4 Å². The molecule has 0 saturated heterocycles. The van der Waals surface area contributed by atoms with E-state index in [9.17, 15) is 8.78 Å². The van der Waals surface area contributed by atoms with Crippen molar-refractivity contribution in [1.82, 2.24) is 14.8 Å². The van der Waals surface area contributed by atoms with Crippen molar-refractivity contribution in [3.63, 3.8) is 0 Å². The van der Waals surface area contributed by atoms with Crippen LogP contribution in [0.3, 0.4) is 0 Å².